The van der Waals surface area contributed by atoms with Crippen LogP contribution >= 0.6 is 23.2 Å². The summed E-state index contributed by atoms with van der Waals surface area (Å²) < 4.78 is 5.57. The quantitative estimate of drug-likeness (QED) is 0.330. The maximum atomic E-state index is 13.0. The lowest BCUT2D eigenvalue weighted by atomic mass is 9.76. The van der Waals surface area contributed by atoms with Gasteiger partial charge in [-0.1, -0.05) is 42.3 Å². The van der Waals surface area contributed by atoms with Gasteiger partial charge in [0.1, 0.15) is 5.75 Å². The van der Waals surface area contributed by atoms with Crippen LogP contribution < -0.4 is 14.5 Å². The van der Waals surface area contributed by atoms with Gasteiger partial charge in [0, 0.05) is 19.0 Å². The molecule has 0 bridgehead atoms. The highest BCUT2D eigenvalue weighted by atomic mass is 35.5. The van der Waals surface area contributed by atoms with Crippen molar-refractivity contribution >= 4 is 58.3 Å². The normalized spacial score (nSPS) is 26.3. The van der Waals surface area contributed by atoms with Crippen molar-refractivity contribution in [3.8, 4) is 5.75 Å². The van der Waals surface area contributed by atoms with E-state index in [0.717, 1.165) is 6.42 Å². The molecule has 2 aromatic rings. The molecule has 0 radical (unpaired) electrons. The summed E-state index contributed by atoms with van der Waals surface area (Å²) in [6, 6.07) is 11.4. The van der Waals surface area contributed by atoms with Crippen LogP contribution in [0.25, 0.3) is 0 Å². The largest absolute Gasteiger partial charge is 0.426 e. The molecule has 182 valence electrons. The van der Waals surface area contributed by atoms with Gasteiger partial charge in [0.2, 0.25) is 17.7 Å². The second-order valence-corrected chi connectivity index (χ2v) is 10.3. The Hall–Kier alpha value is -2.90. The molecule has 1 saturated carbocycles. The lowest BCUT2D eigenvalue weighted by Crippen LogP contribution is -2.31. The molecule has 9 heteroatoms. The maximum Gasteiger partial charge on any atom is 0.316 e. The third kappa shape index (κ3) is 4.32. The number of amides is 3. The number of anilines is 2. The number of benzene rings is 2. The van der Waals surface area contributed by atoms with Crippen LogP contribution in [0.4, 0.5) is 11.4 Å². The first-order chi connectivity index (χ1) is 16.7. The van der Waals surface area contributed by atoms with Crippen LogP contribution in [0.15, 0.2) is 42.5 Å². The summed E-state index contributed by atoms with van der Waals surface area (Å²) in [5.74, 6) is -1.84. The van der Waals surface area contributed by atoms with E-state index in [0.29, 0.717) is 35.2 Å². The Morgan fingerprint density at radius 1 is 1.00 bits per heavy atom. The van der Waals surface area contributed by atoms with Crippen LogP contribution in [-0.2, 0) is 19.2 Å². The monoisotopic (exact) mass is 514 g/mol. The molecule has 2 saturated heterocycles. The van der Waals surface area contributed by atoms with E-state index in [4.69, 9.17) is 27.9 Å². The number of carbonyl (C=O) groups excluding carboxylic acids is 4. The highest BCUT2D eigenvalue weighted by Crippen LogP contribution is 2.42. The molecule has 3 fully saturated rings. The number of imide groups is 1. The molecule has 5 rings (SSSR count). The fourth-order valence-corrected chi connectivity index (χ4v) is 5.73. The first-order valence-corrected chi connectivity index (χ1v) is 12.4. The van der Waals surface area contributed by atoms with Crippen molar-refractivity contribution in [3.05, 3.63) is 52.5 Å². The van der Waals surface area contributed by atoms with Gasteiger partial charge >= 0.3 is 5.97 Å². The zero-order valence-electron chi connectivity index (χ0n) is 19.1. The van der Waals surface area contributed by atoms with Crippen molar-refractivity contribution in [1.29, 1.82) is 0 Å². The third-order valence-corrected chi connectivity index (χ3v) is 7.97. The van der Waals surface area contributed by atoms with Crippen molar-refractivity contribution in [2.45, 2.75) is 32.6 Å². The zero-order valence-corrected chi connectivity index (χ0v) is 20.6. The van der Waals surface area contributed by atoms with Gasteiger partial charge in [-0.25, -0.2) is 4.90 Å². The summed E-state index contributed by atoms with van der Waals surface area (Å²) in [5, 5.41) is 0.569. The average Bonchev–Trinajstić information content (AvgIpc) is 3.33. The number of rotatable bonds is 4. The number of carbonyl (C=O) groups is 4. The van der Waals surface area contributed by atoms with Gasteiger partial charge in [0.25, 0.3) is 0 Å². The van der Waals surface area contributed by atoms with Crippen molar-refractivity contribution in [3.63, 3.8) is 0 Å². The van der Waals surface area contributed by atoms with E-state index in [1.165, 1.54) is 15.9 Å². The highest BCUT2D eigenvalue weighted by Gasteiger charge is 2.50. The molecule has 1 aliphatic carbocycles. The fraction of sp³-hybridized carbons (Fsp3) is 0.385. The SMILES string of the molecule is C[C@@H]1CC[C@@H]2C(=O)N(c3cccc(OC(=O)[C@H]4CC(=O)N(c5cccc(Cl)c5Cl)C4)c3)C(=O)[C@H]2C1. The Labute approximate surface area is 212 Å². The Balaban J connectivity index is 1.30. The van der Waals surface area contributed by atoms with Gasteiger partial charge in [-0.05, 0) is 49.4 Å². The van der Waals surface area contributed by atoms with Gasteiger partial charge in [0.15, 0.2) is 0 Å². The van der Waals surface area contributed by atoms with Gasteiger partial charge in [-0.2, -0.15) is 0 Å². The standard InChI is InChI=1S/C26H24Cl2N2O5/c1-14-8-9-18-19(10-14)25(33)30(24(18)32)16-4-2-5-17(12-16)35-26(34)15-11-22(31)29(13-15)21-7-3-6-20(27)23(21)28/h2-7,12,14-15,18-19H,8-11,13H2,1H3/t14-,15+,18+,19+/m1/s1. The molecule has 7 nitrogen and oxygen atoms in total. The second kappa shape index (κ2) is 9.28. The molecule has 0 aromatic heterocycles. The van der Waals surface area contributed by atoms with E-state index in [-0.39, 0.29) is 53.3 Å². The minimum atomic E-state index is -0.694. The minimum absolute atomic E-state index is 0.0218. The molecule has 0 spiro atoms. The summed E-state index contributed by atoms with van der Waals surface area (Å²) in [5.41, 5.74) is 0.838. The van der Waals surface area contributed by atoms with E-state index in [1.807, 2.05) is 0 Å². The summed E-state index contributed by atoms with van der Waals surface area (Å²) >= 11 is 12.3. The summed E-state index contributed by atoms with van der Waals surface area (Å²) in [6.45, 7) is 2.22. The highest BCUT2D eigenvalue weighted by molar-refractivity contribution is 6.44. The molecule has 3 amide bonds. The van der Waals surface area contributed by atoms with E-state index in [2.05, 4.69) is 6.92 Å². The first kappa shape index (κ1) is 23.8. The Kier molecular flexibility index (Phi) is 6.32. The molecule has 3 aliphatic rings. The predicted molar refractivity (Wildman–Crippen MR) is 131 cm³/mol. The van der Waals surface area contributed by atoms with Crippen molar-refractivity contribution < 1.29 is 23.9 Å². The number of nitrogens with zero attached hydrogens (tertiary/aromatic N) is 2. The summed E-state index contributed by atoms with van der Waals surface area (Å²) in [7, 11) is 0. The number of hydrogen-bond donors (Lipinski definition) is 0. The third-order valence-electron chi connectivity index (χ3n) is 7.16. The minimum Gasteiger partial charge on any atom is -0.426 e. The lowest BCUT2D eigenvalue weighted by Gasteiger charge is -2.25. The number of esters is 1. The van der Waals surface area contributed by atoms with E-state index >= 15 is 0 Å². The van der Waals surface area contributed by atoms with Crippen LogP contribution in [0, 0.1) is 23.7 Å². The molecule has 0 N–H and O–H groups in total. The van der Waals surface area contributed by atoms with E-state index < -0.39 is 11.9 Å². The zero-order chi connectivity index (χ0) is 24.9. The van der Waals surface area contributed by atoms with Gasteiger partial charge < -0.3 is 9.64 Å². The first-order valence-electron chi connectivity index (χ1n) is 11.7. The Morgan fingerprint density at radius 2 is 1.74 bits per heavy atom. The molecular weight excluding hydrogens is 491 g/mol. The summed E-state index contributed by atoms with van der Waals surface area (Å²) in [6.07, 6.45) is 2.34. The number of halogens is 2. The van der Waals surface area contributed by atoms with Crippen LogP contribution in [0.3, 0.4) is 0 Å². The average molecular weight is 515 g/mol. The van der Waals surface area contributed by atoms with Gasteiger partial charge in [0.05, 0.1) is 39.2 Å². The Morgan fingerprint density at radius 3 is 2.54 bits per heavy atom. The topological polar surface area (TPSA) is 84.0 Å². The van der Waals surface area contributed by atoms with E-state index in [9.17, 15) is 19.2 Å². The maximum absolute atomic E-state index is 13.0. The predicted octanol–water partition coefficient (Wildman–Crippen LogP) is 4.88. The molecular formula is C26H24Cl2N2O5. The van der Waals surface area contributed by atoms with Crippen molar-refractivity contribution in [2.75, 3.05) is 16.3 Å². The van der Waals surface area contributed by atoms with Crippen LogP contribution in [0.5, 0.6) is 5.75 Å². The second-order valence-electron chi connectivity index (χ2n) is 9.54. The van der Waals surface area contributed by atoms with Crippen LogP contribution in [-0.4, -0.2) is 30.2 Å². The van der Waals surface area contributed by atoms with Gasteiger partial charge in [-0.3, -0.25) is 19.2 Å². The number of hydrogen-bond acceptors (Lipinski definition) is 5. The number of fused-ring (bicyclic) bond motifs is 1. The smallest absolute Gasteiger partial charge is 0.316 e. The molecule has 4 atom stereocenters. The molecule has 2 aliphatic heterocycles. The Bertz CT molecular complexity index is 1230. The van der Waals surface area contributed by atoms with Crippen molar-refractivity contribution in [1.82, 2.24) is 0 Å². The molecule has 2 heterocycles. The van der Waals surface area contributed by atoms with Crippen LogP contribution in [0.2, 0.25) is 10.0 Å². The number of ether oxygens (including phenoxy) is 1. The van der Waals surface area contributed by atoms with Gasteiger partial charge in [-0.15, -0.1) is 0 Å². The van der Waals surface area contributed by atoms with E-state index in [1.54, 1.807) is 36.4 Å². The lowest BCUT2D eigenvalue weighted by molar-refractivity contribution is -0.139. The fourth-order valence-electron chi connectivity index (χ4n) is 5.33. The molecule has 0 unspecified atom stereocenters. The van der Waals surface area contributed by atoms with Crippen LogP contribution in [0.1, 0.15) is 32.6 Å². The molecule has 2 aromatic carbocycles. The molecule has 35 heavy (non-hydrogen) atoms. The summed E-state index contributed by atoms with van der Waals surface area (Å²) in [4.78, 5) is 54.2. The van der Waals surface area contributed by atoms with Crippen molar-refractivity contribution in [2.24, 2.45) is 23.7 Å².